The average Bonchev–Trinajstić information content (AvgIpc) is 2.85. The van der Waals surface area contributed by atoms with E-state index in [1.807, 2.05) is 18.2 Å². The number of fused-ring (bicyclic) bond motifs is 1. The largest absolute Gasteiger partial charge is 0.487 e. The Morgan fingerprint density at radius 3 is 2.47 bits per heavy atom. The number of aryl methyl sites for hydroxylation is 2. The first-order chi connectivity index (χ1) is 17.3. The molecule has 4 rings (SSSR count). The van der Waals surface area contributed by atoms with Gasteiger partial charge in [0.2, 0.25) is 0 Å². The molecule has 3 aromatic carbocycles. The Morgan fingerprint density at radius 2 is 1.78 bits per heavy atom. The van der Waals surface area contributed by atoms with Crippen molar-refractivity contribution in [1.82, 2.24) is 4.90 Å². The number of carbonyl (C=O) groups is 2. The molecule has 1 N–H and O–H groups in total. The minimum absolute atomic E-state index is 0.119. The van der Waals surface area contributed by atoms with Crippen LogP contribution in [0.15, 0.2) is 66.7 Å². The third-order valence-electron chi connectivity index (χ3n) is 6.66. The highest BCUT2D eigenvalue weighted by Crippen LogP contribution is 2.36. The molecule has 3 aromatic rings. The number of carboxylic acid groups (broad SMARTS) is 1. The highest BCUT2D eigenvalue weighted by molar-refractivity contribution is 6.31. The molecule has 5 nitrogen and oxygen atoms in total. The Labute approximate surface area is 217 Å². The molecule has 0 fully saturated rings. The lowest BCUT2D eigenvalue weighted by atomic mass is 9.86. The molecular formula is C30H32ClNO4. The van der Waals surface area contributed by atoms with Gasteiger partial charge in [-0.25, -0.2) is 0 Å². The number of nitrogens with zero attached hydrogens (tertiary/aromatic N) is 1. The number of ether oxygens (including phenoxy) is 1. The fourth-order valence-electron chi connectivity index (χ4n) is 4.77. The fourth-order valence-corrected chi connectivity index (χ4v) is 4.96. The van der Waals surface area contributed by atoms with Gasteiger partial charge in [-0.15, -0.1) is 0 Å². The molecule has 0 saturated carbocycles. The lowest BCUT2D eigenvalue weighted by molar-refractivity contribution is -0.137. The maximum atomic E-state index is 13.3. The van der Waals surface area contributed by atoms with Gasteiger partial charge in [0.15, 0.2) is 0 Å². The van der Waals surface area contributed by atoms with Gasteiger partial charge in [0, 0.05) is 23.6 Å². The Bertz CT molecular complexity index is 1240. The van der Waals surface area contributed by atoms with Crippen molar-refractivity contribution < 1.29 is 19.4 Å². The Kier molecular flexibility index (Phi) is 8.00. The lowest BCUT2D eigenvalue weighted by Gasteiger charge is -2.36. The van der Waals surface area contributed by atoms with Gasteiger partial charge in [0.05, 0.1) is 0 Å². The van der Waals surface area contributed by atoms with Gasteiger partial charge in [-0.05, 0) is 72.7 Å². The lowest BCUT2D eigenvalue weighted by Crippen LogP contribution is -2.39. The average molecular weight is 506 g/mol. The van der Waals surface area contributed by atoms with E-state index >= 15 is 0 Å². The van der Waals surface area contributed by atoms with Gasteiger partial charge in [-0.3, -0.25) is 9.59 Å². The van der Waals surface area contributed by atoms with Crippen molar-refractivity contribution in [1.29, 1.82) is 0 Å². The molecule has 0 radical (unpaired) electrons. The summed E-state index contributed by atoms with van der Waals surface area (Å²) in [7, 11) is 0. The summed E-state index contributed by atoms with van der Waals surface area (Å²) in [6.45, 7) is 4.03. The summed E-state index contributed by atoms with van der Waals surface area (Å²) >= 11 is 6.25. The number of carbonyl (C=O) groups excluding carboxylic acids is 1. The van der Waals surface area contributed by atoms with Crippen LogP contribution in [0.3, 0.4) is 0 Å². The van der Waals surface area contributed by atoms with E-state index in [1.54, 1.807) is 24.3 Å². The van der Waals surface area contributed by atoms with Gasteiger partial charge in [0.1, 0.15) is 17.9 Å². The first-order valence-electron chi connectivity index (χ1n) is 12.4. The topological polar surface area (TPSA) is 66.8 Å². The minimum Gasteiger partial charge on any atom is -0.487 e. The van der Waals surface area contributed by atoms with Crippen LogP contribution in [0.4, 0.5) is 0 Å². The zero-order valence-corrected chi connectivity index (χ0v) is 21.6. The number of rotatable bonds is 9. The molecule has 36 heavy (non-hydrogen) atoms. The van der Waals surface area contributed by atoms with Gasteiger partial charge in [-0.1, -0.05) is 67.4 Å². The second-order valence-corrected chi connectivity index (χ2v) is 10.2. The normalized spacial score (nSPS) is 16.6. The highest BCUT2D eigenvalue weighted by atomic mass is 35.5. The van der Waals surface area contributed by atoms with Crippen LogP contribution in [0.25, 0.3) is 0 Å². The van der Waals surface area contributed by atoms with Crippen molar-refractivity contribution in [3.63, 3.8) is 0 Å². The van der Waals surface area contributed by atoms with Crippen LogP contribution in [0.5, 0.6) is 5.75 Å². The second-order valence-electron chi connectivity index (χ2n) is 9.76. The number of amides is 1. The van der Waals surface area contributed by atoms with E-state index in [9.17, 15) is 14.7 Å². The molecule has 0 spiro atoms. The molecule has 188 valence electrons. The monoisotopic (exact) mass is 505 g/mol. The van der Waals surface area contributed by atoms with E-state index in [-0.39, 0.29) is 18.1 Å². The summed E-state index contributed by atoms with van der Waals surface area (Å²) in [5.41, 5.74) is 4.38. The second kappa shape index (κ2) is 11.2. The van der Waals surface area contributed by atoms with Crippen LogP contribution < -0.4 is 4.74 Å². The van der Waals surface area contributed by atoms with Gasteiger partial charge in [0.25, 0.3) is 5.91 Å². The first-order valence-corrected chi connectivity index (χ1v) is 12.8. The van der Waals surface area contributed by atoms with Crippen LogP contribution in [-0.2, 0) is 30.6 Å². The molecule has 1 atom stereocenters. The molecule has 1 unspecified atom stereocenters. The van der Waals surface area contributed by atoms with E-state index in [2.05, 4.69) is 38.1 Å². The van der Waals surface area contributed by atoms with Gasteiger partial charge < -0.3 is 14.7 Å². The third kappa shape index (κ3) is 6.27. The number of hydrogen-bond acceptors (Lipinski definition) is 3. The highest BCUT2D eigenvalue weighted by Gasteiger charge is 2.32. The van der Waals surface area contributed by atoms with Crippen molar-refractivity contribution in [2.24, 2.45) is 0 Å². The standard InChI is InChI=1S/C30H32ClNO4/c1-3-6-21-9-11-22(12-10-21)18-30(2)16-15-23-17-24(13-14-27(23)36-30)29(35)32(20-28(33)34)19-25-7-4-5-8-26(25)31/h4-5,7-14,17H,3,6,15-16,18-20H2,1-2H3,(H,33,34). The maximum Gasteiger partial charge on any atom is 0.323 e. The molecule has 0 saturated heterocycles. The summed E-state index contributed by atoms with van der Waals surface area (Å²) < 4.78 is 6.44. The first kappa shape index (κ1) is 25.8. The molecule has 0 aliphatic carbocycles. The number of halogens is 1. The van der Waals surface area contributed by atoms with E-state index in [1.165, 1.54) is 16.0 Å². The van der Waals surface area contributed by atoms with Crippen molar-refractivity contribution in [3.05, 3.63) is 99.6 Å². The summed E-state index contributed by atoms with van der Waals surface area (Å²) in [6, 6.07) is 21.3. The Hall–Kier alpha value is -3.31. The number of aliphatic carboxylic acids is 1. The quantitative estimate of drug-likeness (QED) is 0.368. The molecule has 1 amide bonds. The SMILES string of the molecule is CCCc1ccc(CC2(C)CCc3cc(C(=O)N(CC(=O)O)Cc4ccccc4Cl)ccc3O2)cc1. The number of carboxylic acids is 1. The van der Waals surface area contributed by atoms with Crippen LogP contribution >= 0.6 is 11.6 Å². The molecule has 1 aliphatic rings. The predicted octanol–water partition coefficient (Wildman–Crippen LogP) is 6.35. The maximum absolute atomic E-state index is 13.3. The zero-order chi connectivity index (χ0) is 25.7. The molecule has 0 bridgehead atoms. The van der Waals surface area contributed by atoms with E-state index in [4.69, 9.17) is 16.3 Å². The number of benzene rings is 3. The smallest absolute Gasteiger partial charge is 0.323 e. The van der Waals surface area contributed by atoms with E-state index < -0.39 is 12.5 Å². The molecule has 6 heteroatoms. The fraction of sp³-hybridized carbons (Fsp3) is 0.333. The van der Waals surface area contributed by atoms with Crippen LogP contribution in [-0.4, -0.2) is 34.0 Å². The summed E-state index contributed by atoms with van der Waals surface area (Å²) in [6.07, 6.45) is 4.64. The minimum atomic E-state index is -1.07. The van der Waals surface area contributed by atoms with E-state index in [0.717, 1.165) is 43.4 Å². The van der Waals surface area contributed by atoms with Crippen molar-refractivity contribution in [2.75, 3.05) is 6.54 Å². The summed E-state index contributed by atoms with van der Waals surface area (Å²) in [5, 5.41) is 9.89. The Balaban J connectivity index is 1.49. The van der Waals surface area contributed by atoms with Gasteiger partial charge >= 0.3 is 5.97 Å². The molecule has 1 heterocycles. The molecule has 0 aromatic heterocycles. The van der Waals surface area contributed by atoms with Crippen molar-refractivity contribution >= 4 is 23.5 Å². The van der Waals surface area contributed by atoms with Crippen molar-refractivity contribution in [2.45, 2.75) is 58.1 Å². The number of hydrogen-bond donors (Lipinski definition) is 1. The zero-order valence-electron chi connectivity index (χ0n) is 20.8. The van der Waals surface area contributed by atoms with Crippen LogP contribution in [0, 0.1) is 0 Å². The summed E-state index contributed by atoms with van der Waals surface area (Å²) in [5.74, 6) is -0.644. The predicted molar refractivity (Wildman–Crippen MR) is 142 cm³/mol. The third-order valence-corrected chi connectivity index (χ3v) is 7.03. The van der Waals surface area contributed by atoms with E-state index in [0.29, 0.717) is 16.1 Å². The molecule has 1 aliphatic heterocycles. The van der Waals surface area contributed by atoms with Crippen molar-refractivity contribution in [3.8, 4) is 5.75 Å². The summed E-state index contributed by atoms with van der Waals surface area (Å²) in [4.78, 5) is 26.1. The Morgan fingerprint density at radius 1 is 1.06 bits per heavy atom. The van der Waals surface area contributed by atoms with Crippen LogP contribution in [0.1, 0.15) is 59.3 Å². The van der Waals surface area contributed by atoms with Crippen LogP contribution in [0.2, 0.25) is 5.02 Å². The molecular weight excluding hydrogens is 474 g/mol. The van der Waals surface area contributed by atoms with Gasteiger partial charge in [-0.2, -0.15) is 0 Å².